The van der Waals surface area contributed by atoms with Crippen molar-refractivity contribution in [3.63, 3.8) is 0 Å². The van der Waals surface area contributed by atoms with Gasteiger partial charge >= 0.3 is 16.2 Å². The van der Waals surface area contributed by atoms with E-state index in [4.69, 9.17) is 13.7 Å². The lowest BCUT2D eigenvalue weighted by atomic mass is 10.1. The van der Waals surface area contributed by atoms with Crippen LogP contribution >= 0.6 is 0 Å². The summed E-state index contributed by atoms with van der Waals surface area (Å²) in [5.74, 6) is 0.209. The Morgan fingerprint density at radius 2 is 1.66 bits per heavy atom. The summed E-state index contributed by atoms with van der Waals surface area (Å²) in [7, 11) is -2.33. The topological polar surface area (TPSA) is 90.9 Å². The van der Waals surface area contributed by atoms with E-state index in [0.29, 0.717) is 13.0 Å². The summed E-state index contributed by atoms with van der Waals surface area (Å²) in [5.41, 5.74) is 0.290. The van der Waals surface area contributed by atoms with Crippen molar-refractivity contribution in [2.45, 2.75) is 43.7 Å². The number of alkyl carbamates (subject to hydrolysis) is 1. The molecule has 29 heavy (non-hydrogen) atoms. The predicted octanol–water partition coefficient (Wildman–Crippen LogP) is 3.54. The number of carbonyl (C=O) groups excluding carboxylic acids is 1. The number of amides is 1. The van der Waals surface area contributed by atoms with Crippen LogP contribution < -0.4 is 9.50 Å². The van der Waals surface area contributed by atoms with Crippen LogP contribution in [0.3, 0.4) is 0 Å². The van der Waals surface area contributed by atoms with Gasteiger partial charge in [-0.05, 0) is 57.0 Å². The minimum atomic E-state index is -3.88. The molecule has 0 spiro atoms. The van der Waals surface area contributed by atoms with Gasteiger partial charge in [0, 0.05) is 7.11 Å². The van der Waals surface area contributed by atoms with Gasteiger partial charge < -0.3 is 19.0 Å². The van der Waals surface area contributed by atoms with Crippen molar-refractivity contribution in [1.82, 2.24) is 5.32 Å². The number of carbonyl (C=O) groups is 1. The number of rotatable bonds is 8. The van der Waals surface area contributed by atoms with E-state index in [1.165, 1.54) is 12.1 Å². The highest BCUT2D eigenvalue weighted by Gasteiger charge is 2.20. The maximum atomic E-state index is 12.3. The van der Waals surface area contributed by atoms with Gasteiger partial charge in [0.25, 0.3) is 0 Å². The standard InChI is InChI=1S/C21H27NO6S/c1-21(2,3)27-20(23)22-17(15-26-4)14-16-10-12-18(13-11-16)28-29(24,25)19-8-6-5-7-9-19/h5-13,17H,14-15H2,1-4H3,(H,22,23). The number of benzene rings is 2. The molecular formula is C21H27NO6S. The first-order valence-electron chi connectivity index (χ1n) is 9.16. The zero-order chi connectivity index (χ0) is 21.5. The summed E-state index contributed by atoms with van der Waals surface area (Å²) in [6.45, 7) is 5.68. The van der Waals surface area contributed by atoms with Crippen LogP contribution in [0.2, 0.25) is 0 Å². The lowest BCUT2D eigenvalue weighted by Gasteiger charge is -2.23. The molecule has 8 heteroatoms. The van der Waals surface area contributed by atoms with Crippen molar-refractivity contribution < 1.29 is 26.9 Å². The largest absolute Gasteiger partial charge is 0.444 e. The molecule has 0 heterocycles. The van der Waals surface area contributed by atoms with E-state index in [1.54, 1.807) is 70.3 Å². The Morgan fingerprint density at radius 1 is 1.03 bits per heavy atom. The minimum absolute atomic E-state index is 0.0887. The first-order valence-corrected chi connectivity index (χ1v) is 10.6. The van der Waals surface area contributed by atoms with Crippen molar-refractivity contribution >= 4 is 16.2 Å². The molecular weight excluding hydrogens is 394 g/mol. The van der Waals surface area contributed by atoms with E-state index >= 15 is 0 Å². The summed E-state index contributed by atoms with van der Waals surface area (Å²) in [6, 6.07) is 14.3. The Hall–Kier alpha value is -2.58. The van der Waals surface area contributed by atoms with Crippen LogP contribution in [-0.4, -0.2) is 39.9 Å². The van der Waals surface area contributed by atoms with Gasteiger partial charge in [-0.2, -0.15) is 8.42 Å². The second-order valence-electron chi connectivity index (χ2n) is 7.50. The van der Waals surface area contributed by atoms with Gasteiger partial charge in [-0.25, -0.2) is 4.79 Å². The molecule has 1 N–H and O–H groups in total. The Kier molecular flexibility index (Phi) is 7.64. The molecule has 2 aromatic carbocycles. The van der Waals surface area contributed by atoms with Crippen molar-refractivity contribution in [1.29, 1.82) is 0 Å². The smallest absolute Gasteiger partial charge is 0.407 e. The number of hydrogen-bond donors (Lipinski definition) is 1. The fourth-order valence-corrected chi connectivity index (χ4v) is 3.51. The Bertz CT molecular complexity index is 889. The average molecular weight is 422 g/mol. The van der Waals surface area contributed by atoms with E-state index in [1.807, 2.05) is 0 Å². The monoisotopic (exact) mass is 421 g/mol. The van der Waals surface area contributed by atoms with Crippen molar-refractivity contribution in [3.8, 4) is 5.75 Å². The molecule has 0 radical (unpaired) electrons. The van der Waals surface area contributed by atoms with Gasteiger partial charge in [-0.1, -0.05) is 30.3 Å². The zero-order valence-corrected chi connectivity index (χ0v) is 17.9. The van der Waals surface area contributed by atoms with E-state index in [9.17, 15) is 13.2 Å². The number of methoxy groups -OCH3 is 1. The van der Waals surface area contributed by atoms with Gasteiger partial charge in [0.15, 0.2) is 0 Å². The first kappa shape index (κ1) is 22.7. The maximum Gasteiger partial charge on any atom is 0.407 e. The van der Waals surface area contributed by atoms with Crippen LogP contribution in [0.5, 0.6) is 5.75 Å². The molecule has 0 aromatic heterocycles. The molecule has 0 fully saturated rings. The average Bonchev–Trinajstić information content (AvgIpc) is 2.62. The Labute approximate surface area is 172 Å². The van der Waals surface area contributed by atoms with Gasteiger partial charge in [-0.15, -0.1) is 0 Å². The highest BCUT2D eigenvalue weighted by atomic mass is 32.2. The van der Waals surface area contributed by atoms with Crippen LogP contribution in [0.25, 0.3) is 0 Å². The minimum Gasteiger partial charge on any atom is -0.444 e. The second kappa shape index (κ2) is 9.76. The molecule has 1 unspecified atom stereocenters. The summed E-state index contributed by atoms with van der Waals surface area (Å²) >= 11 is 0. The fourth-order valence-electron chi connectivity index (χ4n) is 2.55. The molecule has 1 atom stereocenters. The third kappa shape index (κ3) is 7.75. The van der Waals surface area contributed by atoms with Crippen LogP contribution in [0, 0.1) is 0 Å². The van der Waals surface area contributed by atoms with Crippen molar-refractivity contribution in [2.75, 3.05) is 13.7 Å². The van der Waals surface area contributed by atoms with E-state index < -0.39 is 21.8 Å². The summed E-state index contributed by atoms with van der Waals surface area (Å²) in [4.78, 5) is 12.1. The lowest BCUT2D eigenvalue weighted by Crippen LogP contribution is -2.42. The number of ether oxygens (including phenoxy) is 2. The van der Waals surface area contributed by atoms with Crippen LogP contribution in [0.4, 0.5) is 4.79 Å². The van der Waals surface area contributed by atoms with Crippen molar-refractivity contribution in [3.05, 3.63) is 60.2 Å². The summed E-state index contributed by atoms with van der Waals surface area (Å²) < 4.78 is 40.2. The summed E-state index contributed by atoms with van der Waals surface area (Å²) in [5, 5.41) is 2.78. The molecule has 2 rings (SSSR count). The number of hydrogen-bond acceptors (Lipinski definition) is 6. The molecule has 7 nitrogen and oxygen atoms in total. The van der Waals surface area contributed by atoms with E-state index in [2.05, 4.69) is 5.32 Å². The van der Waals surface area contributed by atoms with Gasteiger partial charge in [-0.3, -0.25) is 0 Å². The molecule has 2 aromatic rings. The second-order valence-corrected chi connectivity index (χ2v) is 9.04. The van der Waals surface area contributed by atoms with E-state index in [0.717, 1.165) is 5.56 Å². The third-order valence-electron chi connectivity index (χ3n) is 3.73. The molecule has 1 amide bonds. The maximum absolute atomic E-state index is 12.3. The Balaban J connectivity index is 2.01. The summed E-state index contributed by atoms with van der Waals surface area (Å²) in [6.07, 6.45) is -0.0350. The SMILES string of the molecule is COCC(Cc1ccc(OS(=O)(=O)c2ccccc2)cc1)NC(=O)OC(C)(C)C. The van der Waals surface area contributed by atoms with Crippen LogP contribution in [0.15, 0.2) is 59.5 Å². The predicted molar refractivity (Wildman–Crippen MR) is 109 cm³/mol. The third-order valence-corrected chi connectivity index (χ3v) is 4.99. The van der Waals surface area contributed by atoms with Gasteiger partial charge in [0.2, 0.25) is 0 Å². The molecule has 0 saturated heterocycles. The molecule has 0 bridgehead atoms. The zero-order valence-electron chi connectivity index (χ0n) is 17.0. The molecule has 0 saturated carbocycles. The normalized spacial score (nSPS) is 12.8. The highest BCUT2D eigenvalue weighted by Crippen LogP contribution is 2.19. The number of nitrogens with one attached hydrogen (secondary N) is 1. The Morgan fingerprint density at radius 3 is 2.21 bits per heavy atom. The van der Waals surface area contributed by atoms with Crippen LogP contribution in [0.1, 0.15) is 26.3 Å². The van der Waals surface area contributed by atoms with Gasteiger partial charge in [0.1, 0.15) is 16.2 Å². The highest BCUT2D eigenvalue weighted by molar-refractivity contribution is 7.87. The first-order chi connectivity index (χ1) is 13.6. The van der Waals surface area contributed by atoms with Gasteiger partial charge in [0.05, 0.1) is 12.6 Å². The lowest BCUT2D eigenvalue weighted by molar-refractivity contribution is 0.0469. The van der Waals surface area contributed by atoms with Crippen LogP contribution in [-0.2, 0) is 26.0 Å². The molecule has 0 aliphatic rings. The van der Waals surface area contributed by atoms with Crippen molar-refractivity contribution in [2.24, 2.45) is 0 Å². The van der Waals surface area contributed by atoms with E-state index in [-0.39, 0.29) is 16.7 Å². The molecule has 158 valence electrons. The molecule has 0 aliphatic carbocycles. The molecule has 0 aliphatic heterocycles. The fraction of sp³-hybridized carbons (Fsp3) is 0.381. The quantitative estimate of drug-likeness (QED) is 0.656.